The normalized spacial score (nSPS) is 11.5. The monoisotopic (exact) mass is 484 g/mol. The van der Waals surface area contributed by atoms with Gasteiger partial charge in [-0.2, -0.15) is 0 Å². The van der Waals surface area contributed by atoms with E-state index in [0.717, 1.165) is 44.2 Å². The molecule has 0 aliphatic rings. The number of aryl methyl sites for hydroxylation is 2. The third kappa shape index (κ3) is 4.14. The van der Waals surface area contributed by atoms with Crippen LogP contribution >= 0.6 is 22.9 Å². The second-order valence-corrected chi connectivity index (χ2v) is 10.1. The van der Waals surface area contributed by atoms with Gasteiger partial charge >= 0.3 is 0 Å². The number of pyridine rings is 1. The van der Waals surface area contributed by atoms with Gasteiger partial charge in [0.2, 0.25) is 10.0 Å². The number of thiazole rings is 1. The van der Waals surface area contributed by atoms with E-state index in [1.807, 2.05) is 39.1 Å². The highest BCUT2D eigenvalue weighted by Crippen LogP contribution is 2.42. The molecule has 0 atom stereocenters. The first-order valence-electron chi connectivity index (χ1n) is 9.71. The number of nitrogens with zero attached hydrogens (tertiary/aromatic N) is 2. The fourth-order valence-electron chi connectivity index (χ4n) is 3.63. The molecule has 0 radical (unpaired) electrons. The highest BCUT2D eigenvalue weighted by atomic mass is 35.5. The van der Waals surface area contributed by atoms with E-state index < -0.39 is 10.0 Å². The quantitative estimate of drug-likeness (QED) is 0.390. The SMILES string of the molecule is CNc1cc(-c2c(-c3ccc(Cl)c(S(N)(=O)=O)c3)ccnc2-c2scnc2C)ccc1C. The Labute approximate surface area is 196 Å². The van der Waals surface area contributed by atoms with Crippen LogP contribution in [0.15, 0.2) is 59.1 Å². The number of rotatable bonds is 5. The van der Waals surface area contributed by atoms with Gasteiger partial charge in [0, 0.05) is 24.5 Å². The van der Waals surface area contributed by atoms with Crippen LogP contribution in [0, 0.1) is 13.8 Å². The standard InChI is InChI=1S/C23H21ClN4O2S2/c1-13-4-5-16(10-19(13)26-3)21-17(8-9-27-22(21)23-14(2)28-12-31-23)15-6-7-18(24)20(11-15)32(25,29)30/h4-12,26H,1-3H3,(H2,25,29,30). The lowest BCUT2D eigenvalue weighted by Gasteiger charge is -2.17. The van der Waals surface area contributed by atoms with Gasteiger partial charge in [0.25, 0.3) is 0 Å². The van der Waals surface area contributed by atoms with Gasteiger partial charge in [0.1, 0.15) is 4.90 Å². The fraction of sp³-hybridized carbons (Fsp3) is 0.130. The molecule has 32 heavy (non-hydrogen) atoms. The first-order chi connectivity index (χ1) is 15.2. The summed E-state index contributed by atoms with van der Waals surface area (Å²) in [6, 6.07) is 12.8. The molecule has 0 bridgehead atoms. The van der Waals surface area contributed by atoms with Gasteiger partial charge in [-0.3, -0.25) is 4.98 Å². The number of aromatic nitrogens is 2. The molecular formula is C23H21ClN4O2S2. The van der Waals surface area contributed by atoms with Crippen LogP contribution in [0.25, 0.3) is 32.8 Å². The van der Waals surface area contributed by atoms with E-state index in [9.17, 15) is 8.42 Å². The van der Waals surface area contributed by atoms with Crippen molar-refractivity contribution < 1.29 is 8.42 Å². The van der Waals surface area contributed by atoms with Crippen molar-refractivity contribution in [3.8, 4) is 32.8 Å². The third-order valence-electron chi connectivity index (χ3n) is 5.26. The maximum absolute atomic E-state index is 12.1. The lowest BCUT2D eigenvalue weighted by atomic mass is 9.92. The van der Waals surface area contributed by atoms with Crippen LogP contribution in [0.1, 0.15) is 11.3 Å². The van der Waals surface area contributed by atoms with Crippen molar-refractivity contribution in [3.63, 3.8) is 0 Å². The Bertz CT molecular complexity index is 1430. The van der Waals surface area contributed by atoms with E-state index in [0.29, 0.717) is 5.56 Å². The van der Waals surface area contributed by atoms with Gasteiger partial charge in [0.15, 0.2) is 0 Å². The minimum absolute atomic E-state index is 0.0817. The summed E-state index contributed by atoms with van der Waals surface area (Å²) in [5.74, 6) is 0. The Morgan fingerprint density at radius 1 is 1.03 bits per heavy atom. The van der Waals surface area contributed by atoms with Crippen LogP contribution in [-0.4, -0.2) is 25.4 Å². The Morgan fingerprint density at radius 2 is 1.78 bits per heavy atom. The van der Waals surface area contributed by atoms with Gasteiger partial charge in [-0.15, -0.1) is 11.3 Å². The van der Waals surface area contributed by atoms with Crippen LogP contribution in [-0.2, 0) is 10.0 Å². The topological polar surface area (TPSA) is 98.0 Å². The second kappa shape index (κ2) is 8.63. The number of anilines is 1. The molecule has 0 aliphatic carbocycles. The van der Waals surface area contributed by atoms with Gasteiger partial charge in [-0.25, -0.2) is 18.5 Å². The van der Waals surface area contributed by atoms with Crippen molar-refractivity contribution in [2.24, 2.45) is 5.14 Å². The van der Waals surface area contributed by atoms with Crippen molar-refractivity contribution in [1.82, 2.24) is 9.97 Å². The van der Waals surface area contributed by atoms with E-state index in [2.05, 4.69) is 16.4 Å². The molecule has 0 fully saturated rings. The summed E-state index contributed by atoms with van der Waals surface area (Å²) in [6.45, 7) is 3.98. The Balaban J connectivity index is 2.06. The Morgan fingerprint density at radius 3 is 2.44 bits per heavy atom. The van der Waals surface area contributed by atoms with E-state index in [-0.39, 0.29) is 9.92 Å². The molecule has 0 spiro atoms. The lowest BCUT2D eigenvalue weighted by molar-refractivity contribution is 0.598. The summed E-state index contributed by atoms with van der Waals surface area (Å²) in [4.78, 5) is 9.92. The zero-order chi connectivity index (χ0) is 23.0. The number of nitrogens with two attached hydrogens (primary N) is 1. The maximum Gasteiger partial charge on any atom is 0.239 e. The van der Waals surface area contributed by atoms with Crippen molar-refractivity contribution in [1.29, 1.82) is 0 Å². The summed E-state index contributed by atoms with van der Waals surface area (Å²) in [5, 5.41) is 8.70. The molecule has 0 unspecified atom stereocenters. The molecule has 9 heteroatoms. The summed E-state index contributed by atoms with van der Waals surface area (Å²) in [6.07, 6.45) is 1.71. The number of hydrogen-bond acceptors (Lipinski definition) is 6. The summed E-state index contributed by atoms with van der Waals surface area (Å²) in [5.41, 5.74) is 8.85. The molecule has 3 N–H and O–H groups in total. The maximum atomic E-state index is 12.1. The zero-order valence-corrected chi connectivity index (χ0v) is 20.1. The average Bonchev–Trinajstić information content (AvgIpc) is 3.19. The van der Waals surface area contributed by atoms with E-state index >= 15 is 0 Å². The predicted octanol–water partition coefficient (Wildman–Crippen LogP) is 5.50. The minimum Gasteiger partial charge on any atom is -0.388 e. The van der Waals surface area contributed by atoms with Gasteiger partial charge in [-0.05, 0) is 60.4 Å². The number of sulfonamides is 1. The largest absolute Gasteiger partial charge is 0.388 e. The number of halogens is 1. The van der Waals surface area contributed by atoms with Gasteiger partial charge in [0.05, 0.1) is 26.8 Å². The van der Waals surface area contributed by atoms with Crippen LogP contribution in [0.2, 0.25) is 5.02 Å². The molecule has 0 saturated carbocycles. The number of primary sulfonamides is 1. The Hall–Kier alpha value is -2.78. The van der Waals surface area contributed by atoms with Gasteiger partial charge in [-0.1, -0.05) is 29.8 Å². The lowest BCUT2D eigenvalue weighted by Crippen LogP contribution is -2.12. The first kappa shape index (κ1) is 22.4. The van der Waals surface area contributed by atoms with Crippen molar-refractivity contribution >= 4 is 38.6 Å². The Kier molecular flexibility index (Phi) is 6.05. The first-order valence-corrected chi connectivity index (χ1v) is 12.5. The second-order valence-electron chi connectivity index (χ2n) is 7.32. The summed E-state index contributed by atoms with van der Waals surface area (Å²) >= 11 is 7.64. The van der Waals surface area contributed by atoms with Gasteiger partial charge < -0.3 is 5.32 Å². The number of nitrogens with one attached hydrogen (secondary N) is 1. The molecule has 6 nitrogen and oxygen atoms in total. The third-order valence-corrected chi connectivity index (χ3v) is 7.58. The van der Waals surface area contributed by atoms with Crippen LogP contribution in [0.3, 0.4) is 0 Å². The van der Waals surface area contributed by atoms with Crippen LogP contribution in [0.5, 0.6) is 0 Å². The van der Waals surface area contributed by atoms with Crippen LogP contribution < -0.4 is 10.5 Å². The minimum atomic E-state index is -3.98. The van der Waals surface area contributed by atoms with E-state index in [4.69, 9.17) is 21.7 Å². The molecule has 0 saturated heterocycles. The molecule has 2 aromatic carbocycles. The molecular weight excluding hydrogens is 464 g/mol. The number of benzene rings is 2. The highest BCUT2D eigenvalue weighted by Gasteiger charge is 2.21. The molecule has 2 aromatic heterocycles. The molecule has 4 aromatic rings. The molecule has 164 valence electrons. The smallest absolute Gasteiger partial charge is 0.239 e. The molecule has 0 aliphatic heterocycles. The molecule has 0 amide bonds. The van der Waals surface area contributed by atoms with E-state index in [1.165, 1.54) is 17.4 Å². The fourth-order valence-corrected chi connectivity index (χ4v) is 5.51. The predicted molar refractivity (Wildman–Crippen MR) is 132 cm³/mol. The van der Waals surface area contributed by atoms with E-state index in [1.54, 1.807) is 23.8 Å². The zero-order valence-electron chi connectivity index (χ0n) is 17.7. The highest BCUT2D eigenvalue weighted by molar-refractivity contribution is 7.89. The molecule has 4 rings (SSSR count). The van der Waals surface area contributed by atoms with Crippen LogP contribution in [0.4, 0.5) is 5.69 Å². The molecule has 2 heterocycles. The average molecular weight is 485 g/mol. The number of hydrogen-bond donors (Lipinski definition) is 2. The summed E-state index contributed by atoms with van der Waals surface area (Å²) in [7, 11) is -2.11. The van der Waals surface area contributed by atoms with Crippen molar-refractivity contribution in [2.75, 3.05) is 12.4 Å². The van der Waals surface area contributed by atoms with Crippen molar-refractivity contribution in [3.05, 3.63) is 70.5 Å². The van der Waals surface area contributed by atoms with Crippen molar-refractivity contribution in [2.45, 2.75) is 18.7 Å². The summed E-state index contributed by atoms with van der Waals surface area (Å²) < 4.78 is 24.2.